The average molecular weight is 305 g/mol. The number of thiophene rings is 1. The molecule has 2 aromatic rings. The third-order valence-corrected chi connectivity index (χ3v) is 3.95. The zero-order valence-corrected chi connectivity index (χ0v) is 13.9. The van der Waals surface area contributed by atoms with Crippen molar-refractivity contribution in [2.45, 2.75) is 39.5 Å². The Balaban J connectivity index is 2.00. The van der Waals surface area contributed by atoms with E-state index in [1.54, 1.807) is 18.4 Å². The van der Waals surface area contributed by atoms with Crippen molar-refractivity contribution >= 4 is 11.3 Å². The van der Waals surface area contributed by atoms with Crippen LogP contribution in [0, 0.1) is 0 Å². The van der Waals surface area contributed by atoms with E-state index >= 15 is 0 Å². The molecule has 1 unspecified atom stereocenters. The zero-order valence-electron chi connectivity index (χ0n) is 13.1. The summed E-state index contributed by atoms with van der Waals surface area (Å²) in [6.45, 7) is 7.00. The second kappa shape index (κ2) is 7.48. The Hall–Kier alpha value is -1.52. The van der Waals surface area contributed by atoms with Gasteiger partial charge in [-0.15, -0.1) is 0 Å². The lowest BCUT2D eigenvalue weighted by molar-refractivity contribution is 0.230. The Kier molecular flexibility index (Phi) is 5.65. The predicted octanol–water partition coefficient (Wildman–Crippen LogP) is 4.39. The Bertz CT molecular complexity index is 552. The second-order valence-electron chi connectivity index (χ2n) is 5.31. The van der Waals surface area contributed by atoms with E-state index < -0.39 is 0 Å². The van der Waals surface area contributed by atoms with Crippen molar-refractivity contribution in [3.05, 3.63) is 46.2 Å². The minimum Gasteiger partial charge on any atom is -0.493 e. The Labute approximate surface area is 130 Å². The van der Waals surface area contributed by atoms with Crippen LogP contribution in [0.2, 0.25) is 0 Å². The fourth-order valence-electron chi connectivity index (χ4n) is 2.08. The highest BCUT2D eigenvalue weighted by molar-refractivity contribution is 7.07. The number of rotatable bonds is 7. The van der Waals surface area contributed by atoms with Crippen molar-refractivity contribution in [2.75, 3.05) is 7.11 Å². The Morgan fingerprint density at radius 2 is 1.95 bits per heavy atom. The largest absolute Gasteiger partial charge is 0.493 e. The lowest BCUT2D eigenvalue weighted by Crippen LogP contribution is -2.17. The maximum absolute atomic E-state index is 5.73. The van der Waals surface area contributed by atoms with Crippen molar-refractivity contribution in [2.24, 2.45) is 0 Å². The first-order valence-corrected chi connectivity index (χ1v) is 8.13. The fraction of sp³-hybridized carbons (Fsp3) is 0.412. The number of hydrogen-bond acceptors (Lipinski definition) is 4. The molecule has 0 aliphatic carbocycles. The van der Waals surface area contributed by atoms with Gasteiger partial charge in [0.25, 0.3) is 0 Å². The first-order valence-electron chi connectivity index (χ1n) is 7.19. The van der Waals surface area contributed by atoms with Crippen LogP contribution in [0.4, 0.5) is 0 Å². The standard InChI is InChI=1S/C17H23NO2S/c1-12(2)20-16-6-5-14(9-17(16)19-4)10-18-13(3)15-7-8-21-11-15/h5-9,11-13,18H,10H2,1-4H3. The number of nitrogens with one attached hydrogen (secondary N) is 1. The van der Waals surface area contributed by atoms with Crippen molar-refractivity contribution in [3.8, 4) is 11.5 Å². The Morgan fingerprint density at radius 1 is 1.14 bits per heavy atom. The smallest absolute Gasteiger partial charge is 0.161 e. The van der Waals surface area contributed by atoms with Gasteiger partial charge in [-0.25, -0.2) is 0 Å². The lowest BCUT2D eigenvalue weighted by Gasteiger charge is -2.16. The van der Waals surface area contributed by atoms with Gasteiger partial charge in [-0.1, -0.05) is 6.07 Å². The topological polar surface area (TPSA) is 30.5 Å². The first kappa shape index (κ1) is 15.9. The Morgan fingerprint density at radius 3 is 2.57 bits per heavy atom. The van der Waals surface area contributed by atoms with Gasteiger partial charge in [0, 0.05) is 12.6 Å². The van der Waals surface area contributed by atoms with Crippen LogP contribution in [0.5, 0.6) is 11.5 Å². The summed E-state index contributed by atoms with van der Waals surface area (Å²) in [4.78, 5) is 0. The van der Waals surface area contributed by atoms with Gasteiger partial charge in [-0.2, -0.15) is 11.3 Å². The summed E-state index contributed by atoms with van der Waals surface area (Å²) in [5.74, 6) is 1.58. The minimum absolute atomic E-state index is 0.140. The monoisotopic (exact) mass is 305 g/mol. The predicted molar refractivity (Wildman–Crippen MR) is 88.3 cm³/mol. The zero-order chi connectivity index (χ0) is 15.2. The van der Waals surface area contributed by atoms with E-state index in [1.807, 2.05) is 26.0 Å². The highest BCUT2D eigenvalue weighted by atomic mass is 32.1. The maximum atomic E-state index is 5.73. The van der Waals surface area contributed by atoms with Gasteiger partial charge in [0.15, 0.2) is 11.5 Å². The van der Waals surface area contributed by atoms with Gasteiger partial charge >= 0.3 is 0 Å². The van der Waals surface area contributed by atoms with E-state index in [1.165, 1.54) is 11.1 Å². The molecule has 0 fully saturated rings. The lowest BCUT2D eigenvalue weighted by atomic mass is 10.1. The van der Waals surface area contributed by atoms with E-state index in [2.05, 4.69) is 35.1 Å². The van der Waals surface area contributed by atoms with Gasteiger partial charge in [0.2, 0.25) is 0 Å². The summed E-state index contributed by atoms with van der Waals surface area (Å²) in [6.07, 6.45) is 0.140. The molecule has 0 spiro atoms. The molecule has 0 aliphatic heterocycles. The molecule has 114 valence electrons. The van der Waals surface area contributed by atoms with E-state index in [9.17, 15) is 0 Å². The van der Waals surface area contributed by atoms with Crippen LogP contribution in [0.3, 0.4) is 0 Å². The van der Waals surface area contributed by atoms with E-state index in [-0.39, 0.29) is 6.10 Å². The fourth-order valence-corrected chi connectivity index (χ4v) is 2.84. The van der Waals surface area contributed by atoms with Gasteiger partial charge in [0.05, 0.1) is 13.2 Å². The summed E-state index contributed by atoms with van der Waals surface area (Å²) in [6, 6.07) is 8.58. The minimum atomic E-state index is 0.140. The summed E-state index contributed by atoms with van der Waals surface area (Å²) < 4.78 is 11.1. The molecule has 1 N–H and O–H groups in total. The van der Waals surface area contributed by atoms with Crippen LogP contribution in [0.25, 0.3) is 0 Å². The summed E-state index contributed by atoms with van der Waals surface area (Å²) >= 11 is 1.73. The number of hydrogen-bond donors (Lipinski definition) is 1. The SMILES string of the molecule is COc1cc(CNC(C)c2ccsc2)ccc1OC(C)C. The summed E-state index contributed by atoms with van der Waals surface area (Å²) in [5, 5.41) is 7.81. The molecule has 0 bridgehead atoms. The van der Waals surface area contributed by atoms with Crippen molar-refractivity contribution in [3.63, 3.8) is 0 Å². The van der Waals surface area contributed by atoms with Crippen LogP contribution in [-0.4, -0.2) is 13.2 Å². The highest BCUT2D eigenvalue weighted by Gasteiger charge is 2.09. The molecular formula is C17H23NO2S. The van der Waals surface area contributed by atoms with Gasteiger partial charge in [-0.05, 0) is 60.9 Å². The van der Waals surface area contributed by atoms with Gasteiger partial charge in [-0.3, -0.25) is 0 Å². The van der Waals surface area contributed by atoms with Crippen LogP contribution < -0.4 is 14.8 Å². The van der Waals surface area contributed by atoms with Crippen molar-refractivity contribution < 1.29 is 9.47 Å². The molecule has 0 amide bonds. The number of ether oxygens (including phenoxy) is 2. The molecule has 0 saturated heterocycles. The van der Waals surface area contributed by atoms with Crippen LogP contribution in [-0.2, 0) is 6.54 Å². The van der Waals surface area contributed by atoms with Crippen LogP contribution in [0.15, 0.2) is 35.0 Å². The molecule has 0 radical (unpaired) electrons. The molecule has 21 heavy (non-hydrogen) atoms. The molecule has 1 aromatic carbocycles. The summed E-state index contributed by atoms with van der Waals surface area (Å²) in [5.41, 5.74) is 2.51. The van der Waals surface area contributed by atoms with Crippen LogP contribution >= 0.6 is 11.3 Å². The molecule has 4 heteroatoms. The molecule has 0 aliphatic rings. The molecular weight excluding hydrogens is 282 g/mol. The van der Waals surface area contributed by atoms with Crippen LogP contribution in [0.1, 0.15) is 37.9 Å². The van der Waals surface area contributed by atoms with Gasteiger partial charge in [0.1, 0.15) is 0 Å². The molecule has 3 nitrogen and oxygen atoms in total. The normalized spacial score (nSPS) is 12.4. The van der Waals surface area contributed by atoms with Crippen molar-refractivity contribution in [1.29, 1.82) is 0 Å². The molecule has 1 heterocycles. The molecule has 1 aromatic heterocycles. The third-order valence-electron chi connectivity index (χ3n) is 3.25. The van der Waals surface area contributed by atoms with Gasteiger partial charge < -0.3 is 14.8 Å². The highest BCUT2D eigenvalue weighted by Crippen LogP contribution is 2.29. The van der Waals surface area contributed by atoms with E-state index in [4.69, 9.17) is 9.47 Å². The molecule has 1 atom stereocenters. The van der Waals surface area contributed by atoms with E-state index in [0.717, 1.165) is 18.0 Å². The number of methoxy groups -OCH3 is 1. The number of benzene rings is 1. The second-order valence-corrected chi connectivity index (χ2v) is 6.09. The van der Waals surface area contributed by atoms with E-state index in [0.29, 0.717) is 6.04 Å². The average Bonchev–Trinajstić information content (AvgIpc) is 2.99. The maximum Gasteiger partial charge on any atom is 0.161 e. The van der Waals surface area contributed by atoms with Crippen molar-refractivity contribution in [1.82, 2.24) is 5.32 Å². The summed E-state index contributed by atoms with van der Waals surface area (Å²) in [7, 11) is 1.67. The first-order chi connectivity index (χ1) is 10.1. The quantitative estimate of drug-likeness (QED) is 0.822. The molecule has 0 saturated carbocycles. The molecule has 2 rings (SSSR count). The third kappa shape index (κ3) is 4.48.